The van der Waals surface area contributed by atoms with Crippen molar-refractivity contribution in [3.8, 4) is 11.5 Å². The van der Waals surface area contributed by atoms with Crippen LogP contribution in [0, 0.1) is 0 Å². The van der Waals surface area contributed by atoms with Crippen molar-refractivity contribution >= 4 is 5.97 Å². The summed E-state index contributed by atoms with van der Waals surface area (Å²) in [6.45, 7) is -0.0481. The summed E-state index contributed by atoms with van der Waals surface area (Å²) in [4.78, 5) is 14.7. The summed E-state index contributed by atoms with van der Waals surface area (Å²) in [6.07, 6.45) is 1.39. The van der Waals surface area contributed by atoms with Gasteiger partial charge in [0.1, 0.15) is 5.75 Å². The summed E-state index contributed by atoms with van der Waals surface area (Å²) in [6, 6.07) is 9.85. The van der Waals surface area contributed by atoms with Crippen molar-refractivity contribution in [2.45, 2.75) is 6.61 Å². The average molecular weight is 245 g/mol. The minimum absolute atomic E-state index is 0.0481. The molecule has 0 amide bonds. The largest absolute Gasteiger partial charge is 0.476 e. The molecule has 0 atom stereocenters. The zero-order valence-corrected chi connectivity index (χ0v) is 9.41. The molecular weight excluding hydrogens is 234 g/mol. The fraction of sp³-hybridized carbons (Fsp3) is 0.0769. The molecule has 92 valence electrons. The lowest BCUT2D eigenvalue weighted by Crippen LogP contribution is -2.02. The second-order valence-electron chi connectivity index (χ2n) is 3.56. The fourth-order valence-electron chi connectivity index (χ4n) is 1.42. The molecule has 0 radical (unpaired) electrons. The first-order valence-electron chi connectivity index (χ1n) is 5.26. The number of carboxylic acids is 1. The van der Waals surface area contributed by atoms with Crippen molar-refractivity contribution in [3.63, 3.8) is 0 Å². The first-order valence-corrected chi connectivity index (χ1v) is 5.26. The van der Waals surface area contributed by atoms with E-state index in [1.165, 1.54) is 12.3 Å². The zero-order valence-electron chi connectivity index (χ0n) is 9.41. The van der Waals surface area contributed by atoms with Crippen molar-refractivity contribution in [3.05, 3.63) is 53.9 Å². The summed E-state index contributed by atoms with van der Waals surface area (Å²) in [5.41, 5.74) is 0.621. The molecule has 0 spiro atoms. The van der Waals surface area contributed by atoms with E-state index >= 15 is 0 Å². The third kappa shape index (κ3) is 2.64. The Bertz CT molecular complexity index is 551. The molecule has 2 N–H and O–H groups in total. The lowest BCUT2D eigenvalue weighted by atomic mass is 10.2. The van der Waals surface area contributed by atoms with Gasteiger partial charge in [0.15, 0.2) is 11.4 Å². The highest BCUT2D eigenvalue weighted by atomic mass is 16.5. The van der Waals surface area contributed by atoms with Crippen LogP contribution in [0.5, 0.6) is 11.5 Å². The lowest BCUT2D eigenvalue weighted by Gasteiger charge is -2.07. The van der Waals surface area contributed by atoms with Crippen molar-refractivity contribution in [1.82, 2.24) is 4.98 Å². The predicted molar refractivity (Wildman–Crippen MR) is 63.6 cm³/mol. The van der Waals surface area contributed by atoms with Crippen LogP contribution in [0.3, 0.4) is 0 Å². The highest BCUT2D eigenvalue weighted by Crippen LogP contribution is 2.24. The smallest absolute Gasteiger partial charge is 0.358 e. The van der Waals surface area contributed by atoms with Crippen LogP contribution in [-0.4, -0.2) is 21.2 Å². The number of rotatable bonds is 4. The maximum Gasteiger partial charge on any atom is 0.358 e. The van der Waals surface area contributed by atoms with Crippen LogP contribution in [0.25, 0.3) is 0 Å². The lowest BCUT2D eigenvalue weighted by molar-refractivity contribution is 0.0687. The second kappa shape index (κ2) is 5.29. The van der Waals surface area contributed by atoms with Crippen LogP contribution in [0.2, 0.25) is 0 Å². The number of nitrogens with zero attached hydrogens (tertiary/aromatic N) is 1. The zero-order chi connectivity index (χ0) is 13.0. The molecular formula is C13H11NO4. The fourth-order valence-corrected chi connectivity index (χ4v) is 1.42. The molecule has 0 aliphatic heterocycles. The monoisotopic (exact) mass is 245 g/mol. The van der Waals surface area contributed by atoms with E-state index in [1.54, 1.807) is 30.3 Å². The van der Waals surface area contributed by atoms with Gasteiger partial charge >= 0.3 is 5.97 Å². The Hall–Kier alpha value is -2.40. The van der Waals surface area contributed by atoms with Crippen molar-refractivity contribution in [2.75, 3.05) is 0 Å². The predicted octanol–water partition coefficient (Wildman–Crippen LogP) is 2.06. The van der Waals surface area contributed by atoms with Crippen LogP contribution in [0.4, 0.5) is 0 Å². The molecule has 1 aromatic carbocycles. The van der Waals surface area contributed by atoms with Gasteiger partial charge in [-0.1, -0.05) is 12.1 Å². The summed E-state index contributed by atoms with van der Waals surface area (Å²) in [5, 5.41) is 17.9. The van der Waals surface area contributed by atoms with E-state index in [-0.39, 0.29) is 18.1 Å². The molecule has 0 saturated carbocycles. The summed E-state index contributed by atoms with van der Waals surface area (Å²) < 4.78 is 5.45. The number of ether oxygens (including phenoxy) is 1. The summed E-state index contributed by atoms with van der Waals surface area (Å²) >= 11 is 0. The molecule has 5 heteroatoms. The van der Waals surface area contributed by atoms with E-state index in [4.69, 9.17) is 14.9 Å². The van der Waals surface area contributed by atoms with Crippen molar-refractivity contribution < 1.29 is 19.7 Å². The Morgan fingerprint density at radius 2 is 1.94 bits per heavy atom. The van der Waals surface area contributed by atoms with Gasteiger partial charge in [-0.3, -0.25) is 0 Å². The van der Waals surface area contributed by atoms with E-state index in [0.717, 1.165) is 5.56 Å². The molecule has 5 nitrogen and oxygen atoms in total. The standard InChI is InChI=1S/C13H11NO4/c15-8-9-3-5-10(6-4-9)18-11-2-1-7-14-12(11)13(16)17/h1-7,15H,8H2,(H,16,17). The first-order chi connectivity index (χ1) is 8.70. The number of aromatic carboxylic acids is 1. The van der Waals surface area contributed by atoms with Crippen LogP contribution in [0.15, 0.2) is 42.6 Å². The molecule has 0 bridgehead atoms. The van der Waals surface area contributed by atoms with Crippen LogP contribution >= 0.6 is 0 Å². The van der Waals surface area contributed by atoms with Crippen LogP contribution < -0.4 is 4.74 Å². The Morgan fingerprint density at radius 3 is 2.56 bits per heavy atom. The molecule has 18 heavy (non-hydrogen) atoms. The molecule has 2 rings (SSSR count). The number of aromatic nitrogens is 1. The molecule has 1 aromatic heterocycles. The van der Waals surface area contributed by atoms with Gasteiger partial charge in [0, 0.05) is 6.20 Å². The third-order valence-electron chi connectivity index (χ3n) is 2.31. The number of carbonyl (C=O) groups is 1. The SMILES string of the molecule is O=C(O)c1ncccc1Oc1ccc(CO)cc1. The summed E-state index contributed by atoms with van der Waals surface area (Å²) in [5.74, 6) is -0.470. The van der Waals surface area contributed by atoms with E-state index in [1.807, 2.05) is 0 Å². The normalized spacial score (nSPS) is 10.1. The van der Waals surface area contributed by atoms with Gasteiger partial charge in [-0.25, -0.2) is 9.78 Å². The molecule has 0 saturated heterocycles. The number of aliphatic hydroxyl groups excluding tert-OH is 1. The van der Waals surface area contributed by atoms with E-state index in [0.29, 0.717) is 5.75 Å². The Balaban J connectivity index is 2.25. The summed E-state index contributed by atoms with van der Waals surface area (Å²) in [7, 11) is 0. The number of aliphatic hydroxyl groups is 1. The average Bonchev–Trinajstić information content (AvgIpc) is 2.40. The van der Waals surface area contributed by atoms with E-state index in [9.17, 15) is 4.79 Å². The second-order valence-corrected chi connectivity index (χ2v) is 3.56. The Kier molecular flexibility index (Phi) is 3.54. The molecule has 1 heterocycles. The quantitative estimate of drug-likeness (QED) is 0.861. The van der Waals surface area contributed by atoms with E-state index < -0.39 is 5.97 Å². The highest BCUT2D eigenvalue weighted by molar-refractivity contribution is 5.88. The van der Waals surface area contributed by atoms with Gasteiger partial charge in [0.2, 0.25) is 0 Å². The Labute approximate surface area is 103 Å². The highest BCUT2D eigenvalue weighted by Gasteiger charge is 2.12. The van der Waals surface area contributed by atoms with Gasteiger partial charge in [0.25, 0.3) is 0 Å². The van der Waals surface area contributed by atoms with Gasteiger partial charge in [-0.05, 0) is 29.8 Å². The number of pyridine rings is 1. The molecule has 2 aromatic rings. The van der Waals surface area contributed by atoms with Crippen molar-refractivity contribution in [1.29, 1.82) is 0 Å². The third-order valence-corrected chi connectivity index (χ3v) is 2.31. The van der Waals surface area contributed by atoms with Gasteiger partial charge in [-0.2, -0.15) is 0 Å². The van der Waals surface area contributed by atoms with E-state index in [2.05, 4.69) is 4.98 Å². The number of hydrogen-bond acceptors (Lipinski definition) is 4. The van der Waals surface area contributed by atoms with Gasteiger partial charge in [0.05, 0.1) is 6.61 Å². The maximum atomic E-state index is 10.9. The Morgan fingerprint density at radius 1 is 1.22 bits per heavy atom. The topological polar surface area (TPSA) is 79.7 Å². The van der Waals surface area contributed by atoms with Gasteiger partial charge < -0.3 is 14.9 Å². The van der Waals surface area contributed by atoms with Crippen molar-refractivity contribution in [2.24, 2.45) is 0 Å². The number of benzene rings is 1. The first kappa shape index (κ1) is 12.1. The molecule has 0 unspecified atom stereocenters. The minimum atomic E-state index is -1.14. The minimum Gasteiger partial charge on any atom is -0.476 e. The molecule has 0 aliphatic rings. The number of hydrogen-bond donors (Lipinski definition) is 2. The number of carboxylic acid groups (broad SMARTS) is 1. The van der Waals surface area contributed by atoms with Crippen LogP contribution in [0.1, 0.15) is 16.1 Å². The van der Waals surface area contributed by atoms with Crippen LogP contribution in [-0.2, 0) is 6.61 Å². The van der Waals surface area contributed by atoms with Gasteiger partial charge in [-0.15, -0.1) is 0 Å². The molecule has 0 aliphatic carbocycles. The maximum absolute atomic E-state index is 10.9. The molecule has 0 fully saturated rings.